The summed E-state index contributed by atoms with van der Waals surface area (Å²) in [4.78, 5) is 12.0. The Labute approximate surface area is 158 Å². The molecule has 0 aliphatic heterocycles. The molecule has 0 saturated heterocycles. The highest BCUT2D eigenvalue weighted by Crippen LogP contribution is 2.27. The van der Waals surface area contributed by atoms with E-state index in [1.54, 1.807) is 26.2 Å². The maximum Gasteiger partial charge on any atom is 0.245 e. The Morgan fingerprint density at radius 3 is 2.48 bits per heavy atom. The number of methoxy groups -OCH3 is 2. The third-order valence-corrected chi connectivity index (χ3v) is 5.52. The molecular formula is C17H23N3O6S. The number of carbonyl (C=O) groups is 1. The van der Waals surface area contributed by atoms with Crippen LogP contribution in [0, 0.1) is 13.8 Å². The number of nitrogens with zero attached hydrogens (tertiary/aromatic N) is 1. The number of aryl methyl sites for hydroxylation is 2. The number of sulfonamides is 1. The van der Waals surface area contributed by atoms with Gasteiger partial charge in [-0.15, -0.1) is 0 Å². The maximum absolute atomic E-state index is 12.3. The highest BCUT2D eigenvalue weighted by atomic mass is 32.2. The van der Waals surface area contributed by atoms with E-state index in [0.29, 0.717) is 11.5 Å². The lowest BCUT2D eigenvalue weighted by Crippen LogP contribution is -2.31. The van der Waals surface area contributed by atoms with Gasteiger partial charge >= 0.3 is 0 Å². The molecule has 0 saturated carbocycles. The van der Waals surface area contributed by atoms with Crippen LogP contribution in [0.5, 0.6) is 11.5 Å². The number of hydrogen-bond donors (Lipinski definition) is 2. The van der Waals surface area contributed by atoms with Crippen molar-refractivity contribution >= 4 is 15.9 Å². The number of nitrogens with one attached hydrogen (secondary N) is 2. The van der Waals surface area contributed by atoms with Crippen molar-refractivity contribution in [3.8, 4) is 11.5 Å². The van der Waals surface area contributed by atoms with Gasteiger partial charge in [0, 0.05) is 19.5 Å². The van der Waals surface area contributed by atoms with Crippen LogP contribution in [0.3, 0.4) is 0 Å². The summed E-state index contributed by atoms with van der Waals surface area (Å²) < 4.78 is 42.1. The van der Waals surface area contributed by atoms with Gasteiger partial charge in [-0.05, 0) is 31.5 Å². The first kappa shape index (κ1) is 20.7. The third-order valence-electron chi connectivity index (χ3n) is 3.82. The summed E-state index contributed by atoms with van der Waals surface area (Å²) in [6.07, 6.45) is -0.00407. The van der Waals surface area contributed by atoms with E-state index in [0.717, 1.165) is 5.56 Å². The molecule has 2 N–H and O–H groups in total. The first-order valence-corrected chi connectivity index (χ1v) is 9.67. The van der Waals surface area contributed by atoms with Crippen molar-refractivity contribution in [2.45, 2.75) is 31.7 Å². The van der Waals surface area contributed by atoms with Crippen LogP contribution in [0.25, 0.3) is 0 Å². The summed E-state index contributed by atoms with van der Waals surface area (Å²) in [5, 5.41) is 6.35. The van der Waals surface area contributed by atoms with Crippen molar-refractivity contribution in [3.63, 3.8) is 0 Å². The van der Waals surface area contributed by atoms with Crippen molar-refractivity contribution in [1.29, 1.82) is 0 Å². The fraction of sp³-hybridized carbons (Fsp3) is 0.412. The van der Waals surface area contributed by atoms with Gasteiger partial charge in [0.15, 0.2) is 17.3 Å². The standard InChI is InChI=1S/C17H23N3O6S/c1-11-17(12(2)26-20-11)27(22,23)19-8-7-16(21)18-10-13-5-6-14(24-3)15(9-13)25-4/h5-6,9,19H,7-8,10H2,1-4H3,(H,18,21). The van der Waals surface area contributed by atoms with E-state index in [2.05, 4.69) is 15.2 Å². The average molecular weight is 397 g/mol. The number of aromatic nitrogens is 1. The Morgan fingerprint density at radius 2 is 1.89 bits per heavy atom. The summed E-state index contributed by atoms with van der Waals surface area (Å²) in [5.74, 6) is 1.09. The summed E-state index contributed by atoms with van der Waals surface area (Å²) in [7, 11) is -0.697. The van der Waals surface area contributed by atoms with Crippen molar-refractivity contribution in [1.82, 2.24) is 15.2 Å². The van der Waals surface area contributed by atoms with Crippen LogP contribution >= 0.6 is 0 Å². The third kappa shape index (κ3) is 5.20. The average Bonchev–Trinajstić information content (AvgIpc) is 2.98. The molecule has 9 nitrogen and oxygen atoms in total. The highest BCUT2D eigenvalue weighted by Gasteiger charge is 2.23. The van der Waals surface area contributed by atoms with Gasteiger partial charge in [-0.25, -0.2) is 13.1 Å². The smallest absolute Gasteiger partial charge is 0.245 e. The second kappa shape index (κ2) is 8.87. The van der Waals surface area contributed by atoms with Crippen LogP contribution in [0.4, 0.5) is 0 Å². The molecule has 0 aliphatic carbocycles. The normalized spacial score (nSPS) is 11.3. The van der Waals surface area contributed by atoms with E-state index < -0.39 is 10.0 Å². The summed E-state index contributed by atoms with van der Waals surface area (Å²) in [6, 6.07) is 5.32. The minimum atomic E-state index is -3.77. The number of benzene rings is 1. The molecule has 0 fully saturated rings. The van der Waals surface area contributed by atoms with Crippen LogP contribution in [0.2, 0.25) is 0 Å². The van der Waals surface area contributed by atoms with Gasteiger partial charge in [0.2, 0.25) is 15.9 Å². The first-order valence-electron chi connectivity index (χ1n) is 8.18. The molecular weight excluding hydrogens is 374 g/mol. The topological polar surface area (TPSA) is 120 Å². The van der Waals surface area contributed by atoms with Gasteiger partial charge in [-0.2, -0.15) is 0 Å². The van der Waals surface area contributed by atoms with Gasteiger partial charge in [0.1, 0.15) is 10.6 Å². The molecule has 1 heterocycles. The number of amides is 1. The van der Waals surface area contributed by atoms with Gasteiger partial charge in [-0.3, -0.25) is 4.79 Å². The molecule has 0 atom stereocenters. The molecule has 0 unspecified atom stereocenters. The zero-order chi connectivity index (χ0) is 20.0. The summed E-state index contributed by atoms with van der Waals surface area (Å²) in [6.45, 7) is 3.31. The predicted molar refractivity (Wildman–Crippen MR) is 97.2 cm³/mol. The summed E-state index contributed by atoms with van der Waals surface area (Å²) in [5.41, 5.74) is 1.11. The number of ether oxygens (including phenoxy) is 2. The van der Waals surface area contributed by atoms with E-state index in [1.807, 2.05) is 6.07 Å². The molecule has 2 aromatic rings. The van der Waals surface area contributed by atoms with E-state index in [9.17, 15) is 13.2 Å². The van der Waals surface area contributed by atoms with Crippen LogP contribution in [-0.2, 0) is 21.4 Å². The molecule has 0 aliphatic rings. The van der Waals surface area contributed by atoms with Gasteiger partial charge < -0.3 is 19.3 Å². The SMILES string of the molecule is COc1ccc(CNC(=O)CCNS(=O)(=O)c2c(C)noc2C)cc1OC. The zero-order valence-electron chi connectivity index (χ0n) is 15.7. The van der Waals surface area contributed by atoms with E-state index in [1.165, 1.54) is 14.0 Å². The van der Waals surface area contributed by atoms with Crippen molar-refractivity contribution < 1.29 is 27.2 Å². The zero-order valence-corrected chi connectivity index (χ0v) is 16.5. The molecule has 0 bridgehead atoms. The Hall–Kier alpha value is -2.59. The van der Waals surface area contributed by atoms with Gasteiger partial charge in [0.25, 0.3) is 0 Å². The van der Waals surface area contributed by atoms with Crippen LogP contribution in [-0.4, -0.2) is 40.2 Å². The van der Waals surface area contributed by atoms with Crippen LogP contribution in [0.15, 0.2) is 27.6 Å². The van der Waals surface area contributed by atoms with Crippen molar-refractivity contribution in [2.24, 2.45) is 0 Å². The molecule has 0 radical (unpaired) electrons. The van der Waals surface area contributed by atoms with Crippen LogP contribution in [0.1, 0.15) is 23.4 Å². The number of rotatable bonds is 9. The minimum Gasteiger partial charge on any atom is -0.493 e. The van der Waals surface area contributed by atoms with Gasteiger partial charge in [-0.1, -0.05) is 11.2 Å². The molecule has 1 aromatic heterocycles. The maximum atomic E-state index is 12.3. The largest absolute Gasteiger partial charge is 0.493 e. The van der Waals surface area contributed by atoms with Crippen LogP contribution < -0.4 is 19.5 Å². The summed E-state index contributed by atoms with van der Waals surface area (Å²) >= 11 is 0. The van der Waals surface area contributed by atoms with Crippen molar-refractivity contribution in [2.75, 3.05) is 20.8 Å². The lowest BCUT2D eigenvalue weighted by atomic mass is 10.2. The quantitative estimate of drug-likeness (QED) is 0.654. The minimum absolute atomic E-state index is 0.00407. The second-order valence-corrected chi connectivity index (χ2v) is 7.47. The Bertz CT molecular complexity index is 888. The Kier molecular flexibility index (Phi) is 6.81. The molecule has 1 amide bonds. The molecule has 148 valence electrons. The molecule has 0 spiro atoms. The molecule has 2 rings (SSSR count). The van der Waals surface area contributed by atoms with Gasteiger partial charge in [0.05, 0.1) is 14.2 Å². The molecule has 10 heteroatoms. The monoisotopic (exact) mass is 397 g/mol. The fourth-order valence-electron chi connectivity index (χ4n) is 2.51. The molecule has 27 heavy (non-hydrogen) atoms. The predicted octanol–water partition coefficient (Wildman–Crippen LogP) is 1.29. The Balaban J connectivity index is 1.85. The Morgan fingerprint density at radius 1 is 1.19 bits per heavy atom. The lowest BCUT2D eigenvalue weighted by Gasteiger charge is -2.10. The number of carbonyl (C=O) groups excluding carboxylic acids is 1. The number of hydrogen-bond acceptors (Lipinski definition) is 7. The highest BCUT2D eigenvalue weighted by molar-refractivity contribution is 7.89. The fourth-order valence-corrected chi connectivity index (χ4v) is 3.87. The van der Waals surface area contributed by atoms with E-state index in [4.69, 9.17) is 14.0 Å². The van der Waals surface area contributed by atoms with Crippen molar-refractivity contribution in [3.05, 3.63) is 35.2 Å². The van der Waals surface area contributed by atoms with E-state index >= 15 is 0 Å². The first-order chi connectivity index (χ1) is 12.8. The molecule has 1 aromatic carbocycles. The lowest BCUT2D eigenvalue weighted by molar-refractivity contribution is -0.121. The van der Waals surface area contributed by atoms with E-state index in [-0.39, 0.29) is 41.8 Å². The second-order valence-electron chi connectivity index (χ2n) is 5.77.